The molecule has 0 aliphatic carbocycles. The van der Waals surface area contributed by atoms with Crippen LogP contribution in [0.25, 0.3) is 0 Å². The number of rotatable bonds is 8. The van der Waals surface area contributed by atoms with Crippen molar-refractivity contribution < 1.29 is 19.1 Å². The van der Waals surface area contributed by atoms with Gasteiger partial charge in [0.1, 0.15) is 11.9 Å². The van der Waals surface area contributed by atoms with Crippen LogP contribution in [0.15, 0.2) is 24.3 Å². The van der Waals surface area contributed by atoms with E-state index >= 15 is 0 Å². The van der Waals surface area contributed by atoms with Crippen molar-refractivity contribution in [3.8, 4) is 0 Å². The first kappa shape index (κ1) is 14.5. The van der Waals surface area contributed by atoms with Crippen molar-refractivity contribution in [3.63, 3.8) is 0 Å². The summed E-state index contributed by atoms with van der Waals surface area (Å²) in [5, 5.41) is 11.0. The highest BCUT2D eigenvalue weighted by atomic mass is 32.2. The first-order valence-electron chi connectivity index (χ1n) is 5.38. The van der Waals surface area contributed by atoms with Gasteiger partial charge in [0.15, 0.2) is 0 Å². The maximum absolute atomic E-state index is 12.6. The van der Waals surface area contributed by atoms with E-state index in [9.17, 15) is 14.0 Å². The molecule has 0 aliphatic heterocycles. The number of amides is 1. The molecule has 4 nitrogen and oxygen atoms in total. The molecule has 1 rings (SSSR count). The lowest BCUT2D eigenvalue weighted by Crippen LogP contribution is -2.36. The van der Waals surface area contributed by atoms with Crippen LogP contribution in [0.3, 0.4) is 0 Å². The highest BCUT2D eigenvalue weighted by molar-refractivity contribution is 7.98. The Labute approximate surface area is 109 Å². The van der Waals surface area contributed by atoms with Gasteiger partial charge >= 0.3 is 5.97 Å². The minimum Gasteiger partial charge on any atom is -0.480 e. The van der Waals surface area contributed by atoms with Crippen molar-refractivity contribution in [2.24, 2.45) is 0 Å². The second-order valence-electron chi connectivity index (χ2n) is 3.64. The number of nitrogens with one attached hydrogen (secondary N) is 1. The molecule has 6 heteroatoms. The zero-order valence-corrected chi connectivity index (χ0v) is 10.5. The smallest absolute Gasteiger partial charge is 0.326 e. The fourth-order valence-electron chi connectivity index (χ4n) is 1.33. The number of halogens is 1. The lowest BCUT2D eigenvalue weighted by atomic mass is 10.2. The second kappa shape index (κ2) is 7.71. The minimum atomic E-state index is -1.04. The molecule has 98 valence electrons. The van der Waals surface area contributed by atoms with Gasteiger partial charge in [-0.2, -0.15) is 11.8 Å². The van der Waals surface area contributed by atoms with Crippen LogP contribution in [0, 0.1) is 5.82 Å². The van der Waals surface area contributed by atoms with Gasteiger partial charge in [0.25, 0.3) is 0 Å². The fraction of sp³-hybridized carbons (Fsp3) is 0.333. The van der Waals surface area contributed by atoms with Crippen LogP contribution in [-0.4, -0.2) is 29.3 Å². The van der Waals surface area contributed by atoms with Gasteiger partial charge in [-0.25, -0.2) is 9.18 Å². The predicted octanol–water partition coefficient (Wildman–Crippen LogP) is 1.65. The number of carboxylic acid groups (broad SMARTS) is 1. The van der Waals surface area contributed by atoms with Crippen LogP contribution >= 0.6 is 11.8 Å². The highest BCUT2D eigenvalue weighted by Gasteiger charge is 2.15. The van der Waals surface area contributed by atoms with E-state index in [1.54, 1.807) is 23.9 Å². The Kier molecular flexibility index (Phi) is 6.21. The van der Waals surface area contributed by atoms with Gasteiger partial charge in [-0.3, -0.25) is 4.79 Å². The molecule has 1 amide bonds. The first-order chi connectivity index (χ1) is 8.63. The molecule has 0 aliphatic rings. The lowest BCUT2D eigenvalue weighted by Gasteiger charge is -2.10. The molecule has 0 aromatic heterocycles. The van der Waals surface area contributed by atoms with Crippen LogP contribution in [-0.2, 0) is 15.3 Å². The molecule has 0 radical (unpaired) electrons. The Morgan fingerprint density at radius 2 is 2.11 bits per heavy atom. The van der Waals surface area contributed by atoms with Crippen LogP contribution in [0.5, 0.6) is 0 Å². The monoisotopic (exact) mass is 271 g/mol. The van der Waals surface area contributed by atoms with E-state index in [2.05, 4.69) is 5.32 Å². The predicted molar refractivity (Wildman–Crippen MR) is 67.8 cm³/mol. The maximum atomic E-state index is 12.6. The molecule has 0 saturated carbocycles. The molecule has 1 unspecified atom stereocenters. The van der Waals surface area contributed by atoms with Crippen molar-refractivity contribution in [2.75, 3.05) is 5.75 Å². The number of carboxylic acids is 1. The largest absolute Gasteiger partial charge is 0.480 e. The van der Waals surface area contributed by atoms with Gasteiger partial charge in [0.05, 0.1) is 0 Å². The third-order valence-electron chi connectivity index (χ3n) is 2.30. The second-order valence-corrected chi connectivity index (χ2v) is 4.75. The van der Waals surface area contributed by atoms with Gasteiger partial charge in [-0.15, -0.1) is 0 Å². The van der Waals surface area contributed by atoms with E-state index < -0.39 is 12.0 Å². The topological polar surface area (TPSA) is 66.4 Å². The van der Waals surface area contributed by atoms with Crippen LogP contribution in [0.4, 0.5) is 4.39 Å². The first-order valence-corrected chi connectivity index (χ1v) is 6.53. The molecule has 0 saturated heterocycles. The van der Waals surface area contributed by atoms with Gasteiger partial charge in [-0.1, -0.05) is 12.1 Å². The zero-order chi connectivity index (χ0) is 13.4. The summed E-state index contributed by atoms with van der Waals surface area (Å²) in [5.74, 6) is -0.0162. The molecule has 0 fully saturated rings. The standard InChI is InChI=1S/C12H14FNO3S/c13-10-3-1-9(2-4-10)7-18-6-5-11(12(16)17)14-8-15/h1-4,8,11H,5-7H2,(H,14,15)(H,16,17). The molecule has 18 heavy (non-hydrogen) atoms. The van der Waals surface area contributed by atoms with Crippen LogP contribution < -0.4 is 5.32 Å². The Bertz CT molecular complexity index is 397. The van der Waals surface area contributed by atoms with Crippen molar-refractivity contribution in [1.29, 1.82) is 0 Å². The average molecular weight is 271 g/mol. The summed E-state index contributed by atoms with van der Waals surface area (Å²) in [5.41, 5.74) is 0.983. The summed E-state index contributed by atoms with van der Waals surface area (Å²) in [4.78, 5) is 20.9. The Hall–Kier alpha value is -1.56. The summed E-state index contributed by atoms with van der Waals surface area (Å²) in [6.07, 6.45) is 0.753. The van der Waals surface area contributed by atoms with Gasteiger partial charge in [0, 0.05) is 5.75 Å². The number of carbonyl (C=O) groups excluding carboxylic acids is 1. The van der Waals surface area contributed by atoms with Crippen LogP contribution in [0.1, 0.15) is 12.0 Å². The fourth-order valence-corrected chi connectivity index (χ4v) is 2.31. The van der Waals surface area contributed by atoms with Crippen molar-refractivity contribution in [3.05, 3.63) is 35.6 Å². The lowest BCUT2D eigenvalue weighted by molar-refractivity contribution is -0.140. The molecule has 1 aromatic rings. The van der Waals surface area contributed by atoms with E-state index in [0.717, 1.165) is 5.56 Å². The molecule has 0 heterocycles. The summed E-state index contributed by atoms with van der Waals surface area (Å²) in [6.45, 7) is 0. The van der Waals surface area contributed by atoms with E-state index in [4.69, 9.17) is 5.11 Å². The molecule has 0 spiro atoms. The molecule has 1 atom stereocenters. The summed E-state index contributed by atoms with van der Waals surface area (Å²) in [6, 6.07) is 5.33. The number of hydrogen-bond donors (Lipinski definition) is 2. The summed E-state index contributed by atoms with van der Waals surface area (Å²) >= 11 is 1.54. The van der Waals surface area contributed by atoms with Crippen LogP contribution in [0.2, 0.25) is 0 Å². The van der Waals surface area contributed by atoms with Crippen molar-refractivity contribution in [1.82, 2.24) is 5.32 Å². The summed E-state index contributed by atoms with van der Waals surface area (Å²) < 4.78 is 12.6. The Morgan fingerprint density at radius 3 is 2.67 bits per heavy atom. The molecular weight excluding hydrogens is 257 g/mol. The zero-order valence-electron chi connectivity index (χ0n) is 9.64. The van der Waals surface area contributed by atoms with E-state index in [1.165, 1.54) is 12.1 Å². The highest BCUT2D eigenvalue weighted by Crippen LogP contribution is 2.14. The normalized spacial score (nSPS) is 11.8. The SMILES string of the molecule is O=CNC(CCSCc1ccc(F)cc1)C(=O)O. The van der Waals surface area contributed by atoms with E-state index in [0.29, 0.717) is 24.3 Å². The number of thioether (sulfide) groups is 1. The third kappa shape index (κ3) is 5.18. The Balaban J connectivity index is 2.27. The van der Waals surface area contributed by atoms with Gasteiger partial charge in [-0.05, 0) is 29.9 Å². The quantitative estimate of drug-likeness (QED) is 0.557. The molecule has 2 N–H and O–H groups in total. The summed E-state index contributed by atoms with van der Waals surface area (Å²) in [7, 11) is 0. The minimum absolute atomic E-state index is 0.273. The molecule has 0 bridgehead atoms. The van der Waals surface area contributed by atoms with Gasteiger partial charge < -0.3 is 10.4 Å². The molecular formula is C12H14FNO3S. The number of hydrogen-bond acceptors (Lipinski definition) is 3. The van der Waals surface area contributed by atoms with Crippen molar-refractivity contribution in [2.45, 2.75) is 18.2 Å². The van der Waals surface area contributed by atoms with E-state index in [-0.39, 0.29) is 5.82 Å². The number of aliphatic carboxylic acids is 1. The average Bonchev–Trinajstić information content (AvgIpc) is 2.35. The number of carbonyl (C=O) groups is 2. The number of benzene rings is 1. The third-order valence-corrected chi connectivity index (χ3v) is 3.36. The Morgan fingerprint density at radius 1 is 1.44 bits per heavy atom. The van der Waals surface area contributed by atoms with E-state index in [1.807, 2.05) is 0 Å². The van der Waals surface area contributed by atoms with Gasteiger partial charge in [0.2, 0.25) is 6.41 Å². The molecule has 1 aromatic carbocycles. The maximum Gasteiger partial charge on any atom is 0.326 e. The van der Waals surface area contributed by atoms with Crippen molar-refractivity contribution >= 4 is 24.1 Å².